The van der Waals surface area contributed by atoms with Crippen LogP contribution in [0.2, 0.25) is 0 Å². The molecule has 0 atom stereocenters. The van der Waals surface area contributed by atoms with Gasteiger partial charge < -0.3 is 15.2 Å². The van der Waals surface area contributed by atoms with Gasteiger partial charge in [-0.15, -0.1) is 12.3 Å². The molecule has 0 aliphatic rings. The first-order chi connectivity index (χ1) is 9.22. The summed E-state index contributed by atoms with van der Waals surface area (Å²) in [5.74, 6) is 4.08. The number of ether oxygens (including phenoxy) is 2. The standard InChI is InChI=1S/C15H20BrNO2/c1-3-5-6-9-19-15-13(16)10-12(7-8-17)11-14(15)18-4-2/h1,10-11H,4-9,17H2,2H3. The Hall–Kier alpha value is -1.18. The third-order valence-electron chi connectivity index (χ3n) is 2.51. The molecule has 1 aromatic rings. The highest BCUT2D eigenvalue weighted by Gasteiger charge is 2.11. The summed E-state index contributed by atoms with van der Waals surface area (Å²) in [7, 11) is 0. The van der Waals surface area contributed by atoms with Crippen LogP contribution in [0.5, 0.6) is 11.5 Å². The van der Waals surface area contributed by atoms with E-state index in [2.05, 4.69) is 21.9 Å². The van der Waals surface area contributed by atoms with Crippen molar-refractivity contribution in [3.05, 3.63) is 22.2 Å². The molecule has 0 saturated carbocycles. The minimum Gasteiger partial charge on any atom is -0.490 e. The van der Waals surface area contributed by atoms with E-state index in [1.807, 2.05) is 19.1 Å². The lowest BCUT2D eigenvalue weighted by Gasteiger charge is -2.15. The van der Waals surface area contributed by atoms with Gasteiger partial charge in [0.15, 0.2) is 11.5 Å². The first-order valence-electron chi connectivity index (χ1n) is 6.44. The quantitative estimate of drug-likeness (QED) is 0.590. The smallest absolute Gasteiger partial charge is 0.175 e. The van der Waals surface area contributed by atoms with E-state index < -0.39 is 0 Å². The van der Waals surface area contributed by atoms with Gasteiger partial charge in [0.2, 0.25) is 0 Å². The Labute approximate surface area is 123 Å². The number of halogens is 1. The highest BCUT2D eigenvalue weighted by molar-refractivity contribution is 9.10. The van der Waals surface area contributed by atoms with Crippen molar-refractivity contribution in [2.45, 2.75) is 26.2 Å². The zero-order valence-corrected chi connectivity index (χ0v) is 12.8. The Bertz CT molecular complexity index is 441. The Morgan fingerprint density at radius 1 is 1.37 bits per heavy atom. The molecule has 0 unspecified atom stereocenters. The lowest BCUT2D eigenvalue weighted by Crippen LogP contribution is -2.05. The normalized spacial score (nSPS) is 10.0. The fraction of sp³-hybridized carbons (Fsp3) is 0.467. The summed E-state index contributed by atoms with van der Waals surface area (Å²) in [6.45, 7) is 3.74. The lowest BCUT2D eigenvalue weighted by atomic mass is 10.1. The second-order valence-corrected chi connectivity index (χ2v) is 4.89. The SMILES string of the molecule is C#CCCCOc1c(Br)cc(CCN)cc1OCC. The molecular weight excluding hydrogens is 306 g/mol. The monoisotopic (exact) mass is 325 g/mol. The van der Waals surface area contributed by atoms with Gasteiger partial charge in [-0.1, -0.05) is 0 Å². The van der Waals surface area contributed by atoms with Crippen LogP contribution in [0.4, 0.5) is 0 Å². The van der Waals surface area contributed by atoms with Crippen molar-refractivity contribution in [2.24, 2.45) is 5.73 Å². The van der Waals surface area contributed by atoms with Crippen LogP contribution in [-0.2, 0) is 6.42 Å². The average molecular weight is 326 g/mol. The van der Waals surface area contributed by atoms with E-state index in [1.54, 1.807) is 0 Å². The summed E-state index contributed by atoms with van der Waals surface area (Å²) in [5.41, 5.74) is 6.71. The minimum absolute atomic E-state index is 0.582. The number of hydrogen-bond acceptors (Lipinski definition) is 3. The summed E-state index contributed by atoms with van der Waals surface area (Å²) in [5, 5.41) is 0. The molecule has 0 heterocycles. The number of hydrogen-bond donors (Lipinski definition) is 1. The van der Waals surface area contributed by atoms with Crippen LogP contribution in [0, 0.1) is 12.3 Å². The van der Waals surface area contributed by atoms with Crippen LogP contribution < -0.4 is 15.2 Å². The fourth-order valence-electron chi connectivity index (χ4n) is 1.68. The molecule has 19 heavy (non-hydrogen) atoms. The van der Waals surface area contributed by atoms with E-state index >= 15 is 0 Å². The molecular formula is C15H20BrNO2. The Kier molecular flexibility index (Phi) is 7.39. The van der Waals surface area contributed by atoms with Gasteiger partial charge in [-0.2, -0.15) is 0 Å². The van der Waals surface area contributed by atoms with E-state index in [0.717, 1.165) is 34.4 Å². The van der Waals surface area contributed by atoms with E-state index in [-0.39, 0.29) is 0 Å². The van der Waals surface area contributed by atoms with Crippen molar-refractivity contribution >= 4 is 15.9 Å². The predicted octanol–water partition coefficient (Wildman–Crippen LogP) is 3.14. The zero-order chi connectivity index (χ0) is 14.1. The molecule has 0 aliphatic carbocycles. The number of benzene rings is 1. The highest BCUT2D eigenvalue weighted by Crippen LogP contribution is 2.37. The van der Waals surface area contributed by atoms with Gasteiger partial charge in [0.1, 0.15) is 0 Å². The topological polar surface area (TPSA) is 44.5 Å². The summed E-state index contributed by atoms with van der Waals surface area (Å²) >= 11 is 3.52. The van der Waals surface area contributed by atoms with Gasteiger partial charge in [0, 0.05) is 6.42 Å². The molecule has 0 fully saturated rings. The fourth-order valence-corrected chi connectivity index (χ4v) is 2.29. The van der Waals surface area contributed by atoms with Crippen molar-refractivity contribution in [3.63, 3.8) is 0 Å². The lowest BCUT2D eigenvalue weighted by molar-refractivity contribution is 0.273. The number of rotatable bonds is 8. The van der Waals surface area contributed by atoms with Gasteiger partial charge in [-0.3, -0.25) is 0 Å². The average Bonchev–Trinajstić information content (AvgIpc) is 2.38. The van der Waals surface area contributed by atoms with Gasteiger partial charge in [0.25, 0.3) is 0 Å². The van der Waals surface area contributed by atoms with E-state index in [9.17, 15) is 0 Å². The van der Waals surface area contributed by atoms with Gasteiger partial charge in [-0.25, -0.2) is 0 Å². The van der Waals surface area contributed by atoms with Crippen molar-refractivity contribution in [1.82, 2.24) is 0 Å². The molecule has 4 heteroatoms. The van der Waals surface area contributed by atoms with Crippen LogP contribution in [0.25, 0.3) is 0 Å². The second kappa shape index (κ2) is 8.84. The molecule has 0 bridgehead atoms. The van der Waals surface area contributed by atoms with Crippen molar-refractivity contribution in [2.75, 3.05) is 19.8 Å². The third-order valence-corrected chi connectivity index (χ3v) is 3.10. The molecule has 0 radical (unpaired) electrons. The maximum atomic E-state index is 5.76. The maximum Gasteiger partial charge on any atom is 0.175 e. The molecule has 0 aromatic heterocycles. The summed E-state index contributed by atoms with van der Waals surface area (Å²) in [6.07, 6.45) is 7.58. The Morgan fingerprint density at radius 2 is 2.16 bits per heavy atom. The van der Waals surface area contributed by atoms with Crippen molar-refractivity contribution < 1.29 is 9.47 Å². The van der Waals surface area contributed by atoms with Crippen LogP contribution in [0.1, 0.15) is 25.3 Å². The summed E-state index contributed by atoms with van der Waals surface area (Å²) < 4.78 is 12.3. The molecule has 0 spiro atoms. The molecule has 1 aromatic carbocycles. The van der Waals surface area contributed by atoms with E-state index in [1.165, 1.54) is 0 Å². The van der Waals surface area contributed by atoms with E-state index in [4.69, 9.17) is 21.6 Å². The molecule has 0 saturated heterocycles. The van der Waals surface area contributed by atoms with E-state index in [0.29, 0.717) is 26.2 Å². The van der Waals surface area contributed by atoms with Crippen molar-refractivity contribution in [3.8, 4) is 23.8 Å². The first-order valence-corrected chi connectivity index (χ1v) is 7.23. The molecule has 3 nitrogen and oxygen atoms in total. The third kappa shape index (κ3) is 5.14. The number of nitrogens with two attached hydrogens (primary N) is 1. The van der Waals surface area contributed by atoms with Gasteiger partial charge in [-0.05, 0) is 59.9 Å². The predicted molar refractivity (Wildman–Crippen MR) is 81.6 cm³/mol. The summed E-state index contributed by atoms with van der Waals surface area (Å²) in [4.78, 5) is 0. The number of terminal acetylenes is 1. The van der Waals surface area contributed by atoms with Crippen LogP contribution >= 0.6 is 15.9 Å². The zero-order valence-electron chi connectivity index (χ0n) is 11.2. The Morgan fingerprint density at radius 3 is 2.79 bits per heavy atom. The number of unbranched alkanes of at least 4 members (excludes halogenated alkanes) is 1. The van der Waals surface area contributed by atoms with Gasteiger partial charge in [0.05, 0.1) is 17.7 Å². The van der Waals surface area contributed by atoms with Crippen LogP contribution in [0.3, 0.4) is 0 Å². The Balaban J connectivity index is 2.84. The summed E-state index contributed by atoms with van der Waals surface area (Å²) in [6, 6.07) is 4.00. The molecule has 0 aliphatic heterocycles. The second-order valence-electron chi connectivity index (χ2n) is 4.03. The molecule has 104 valence electrons. The largest absolute Gasteiger partial charge is 0.490 e. The van der Waals surface area contributed by atoms with Crippen LogP contribution in [0.15, 0.2) is 16.6 Å². The van der Waals surface area contributed by atoms with Crippen LogP contribution in [-0.4, -0.2) is 19.8 Å². The van der Waals surface area contributed by atoms with Crippen molar-refractivity contribution in [1.29, 1.82) is 0 Å². The van der Waals surface area contributed by atoms with Gasteiger partial charge >= 0.3 is 0 Å². The molecule has 2 N–H and O–H groups in total. The first kappa shape index (κ1) is 15.9. The molecule has 0 amide bonds. The highest BCUT2D eigenvalue weighted by atomic mass is 79.9. The minimum atomic E-state index is 0.582. The molecule has 1 rings (SSSR count). The maximum absolute atomic E-state index is 5.76.